The molecule has 1 heterocycles. The summed E-state index contributed by atoms with van der Waals surface area (Å²) in [4.78, 5) is 6.38. The number of benzene rings is 1. The van der Waals surface area contributed by atoms with Gasteiger partial charge in [-0.3, -0.25) is 4.99 Å². The van der Waals surface area contributed by atoms with Gasteiger partial charge in [-0.05, 0) is 24.6 Å². The Morgan fingerprint density at radius 3 is 2.60 bits per heavy atom. The van der Waals surface area contributed by atoms with E-state index < -0.39 is 0 Å². The molecule has 4 heteroatoms. The zero-order valence-corrected chi connectivity index (χ0v) is 12.3. The minimum Gasteiger partial charge on any atom is -0.467 e. The normalized spacial score (nSPS) is 11.4. The van der Waals surface area contributed by atoms with Crippen molar-refractivity contribution in [3.63, 3.8) is 0 Å². The number of hydrogen-bond donors (Lipinski definition) is 1. The quantitative estimate of drug-likeness (QED) is 0.686. The molecule has 0 spiro atoms. The van der Waals surface area contributed by atoms with Crippen LogP contribution >= 0.6 is 0 Å². The van der Waals surface area contributed by atoms with Gasteiger partial charge in [-0.15, -0.1) is 0 Å². The predicted molar refractivity (Wildman–Crippen MR) is 81.6 cm³/mol. The lowest BCUT2D eigenvalue weighted by Gasteiger charge is -2.21. The van der Waals surface area contributed by atoms with Crippen LogP contribution < -0.4 is 5.32 Å². The summed E-state index contributed by atoms with van der Waals surface area (Å²) in [6.07, 6.45) is 1.68. The lowest BCUT2D eigenvalue weighted by atomic mass is 10.1. The molecule has 4 nitrogen and oxygen atoms in total. The molecule has 0 aliphatic rings. The van der Waals surface area contributed by atoms with E-state index >= 15 is 0 Å². The molecular weight excluding hydrogens is 250 g/mol. The Kier molecular flexibility index (Phi) is 4.82. The first kappa shape index (κ1) is 14.2. The van der Waals surface area contributed by atoms with Crippen LogP contribution in [0.2, 0.25) is 0 Å². The van der Waals surface area contributed by atoms with E-state index in [0.717, 1.165) is 18.3 Å². The fourth-order valence-electron chi connectivity index (χ4n) is 2.01. The number of aliphatic imine (C=N–C) groups is 1. The van der Waals surface area contributed by atoms with E-state index in [4.69, 9.17) is 4.42 Å². The fraction of sp³-hybridized carbons (Fsp3) is 0.312. The number of nitrogens with zero attached hydrogens (tertiary/aromatic N) is 2. The highest BCUT2D eigenvalue weighted by Gasteiger charge is 2.07. The smallest absolute Gasteiger partial charge is 0.194 e. The Morgan fingerprint density at radius 1 is 1.25 bits per heavy atom. The summed E-state index contributed by atoms with van der Waals surface area (Å²) >= 11 is 0. The molecule has 0 bridgehead atoms. The van der Waals surface area contributed by atoms with Crippen LogP contribution in [0.1, 0.15) is 16.9 Å². The molecule has 0 atom stereocenters. The number of rotatable bonds is 4. The third-order valence-corrected chi connectivity index (χ3v) is 3.11. The Morgan fingerprint density at radius 2 is 2.00 bits per heavy atom. The summed E-state index contributed by atoms with van der Waals surface area (Å²) in [5.41, 5.74) is 2.54. The van der Waals surface area contributed by atoms with Gasteiger partial charge in [0.1, 0.15) is 5.76 Å². The molecule has 1 aromatic carbocycles. The molecule has 2 rings (SSSR count). The minimum absolute atomic E-state index is 0.637. The summed E-state index contributed by atoms with van der Waals surface area (Å²) in [5, 5.41) is 3.29. The number of furan rings is 1. The second kappa shape index (κ2) is 6.80. The molecule has 1 aromatic heterocycles. The van der Waals surface area contributed by atoms with E-state index in [2.05, 4.69) is 46.4 Å². The van der Waals surface area contributed by atoms with E-state index in [0.29, 0.717) is 6.54 Å². The van der Waals surface area contributed by atoms with Crippen molar-refractivity contribution in [1.29, 1.82) is 0 Å². The third kappa shape index (κ3) is 3.88. The molecule has 0 fully saturated rings. The highest BCUT2D eigenvalue weighted by atomic mass is 16.3. The molecule has 2 aromatic rings. The monoisotopic (exact) mass is 271 g/mol. The fourth-order valence-corrected chi connectivity index (χ4v) is 2.01. The summed E-state index contributed by atoms with van der Waals surface area (Å²) in [5.74, 6) is 1.75. The Hall–Kier alpha value is -2.23. The molecule has 0 aliphatic heterocycles. The predicted octanol–water partition coefficient (Wildman–Crippen LogP) is 2.80. The number of nitrogens with one attached hydrogen (secondary N) is 1. The topological polar surface area (TPSA) is 40.8 Å². The van der Waals surface area contributed by atoms with Crippen LogP contribution in [-0.2, 0) is 13.1 Å². The maximum absolute atomic E-state index is 5.30. The van der Waals surface area contributed by atoms with E-state index in [-0.39, 0.29) is 0 Å². The van der Waals surface area contributed by atoms with Gasteiger partial charge in [0.15, 0.2) is 5.96 Å². The van der Waals surface area contributed by atoms with Crippen molar-refractivity contribution in [2.75, 3.05) is 14.1 Å². The standard InChI is InChI=1S/C16H21N3O/c1-13-6-8-14(9-7-13)12-19(3)16(17-2)18-11-15-5-4-10-20-15/h4-10H,11-12H2,1-3H3,(H,17,18). The SMILES string of the molecule is CN=C(NCc1ccco1)N(C)Cc1ccc(C)cc1. The van der Waals surface area contributed by atoms with Gasteiger partial charge in [0.05, 0.1) is 12.8 Å². The lowest BCUT2D eigenvalue weighted by molar-refractivity contribution is 0.459. The molecule has 0 radical (unpaired) electrons. The van der Waals surface area contributed by atoms with E-state index in [1.807, 2.05) is 19.2 Å². The average molecular weight is 271 g/mol. The Labute approximate surface area is 120 Å². The van der Waals surface area contributed by atoms with Gasteiger partial charge in [-0.25, -0.2) is 0 Å². The van der Waals surface area contributed by atoms with Gasteiger partial charge < -0.3 is 14.6 Å². The first-order valence-electron chi connectivity index (χ1n) is 6.69. The highest BCUT2D eigenvalue weighted by molar-refractivity contribution is 5.79. The van der Waals surface area contributed by atoms with Crippen molar-refractivity contribution < 1.29 is 4.42 Å². The molecule has 106 valence electrons. The van der Waals surface area contributed by atoms with Gasteiger partial charge >= 0.3 is 0 Å². The van der Waals surface area contributed by atoms with Crippen molar-refractivity contribution in [2.45, 2.75) is 20.0 Å². The largest absolute Gasteiger partial charge is 0.467 e. The summed E-state index contributed by atoms with van der Waals surface area (Å²) < 4.78 is 5.30. The highest BCUT2D eigenvalue weighted by Crippen LogP contribution is 2.06. The molecule has 1 N–H and O–H groups in total. The molecule has 0 aliphatic carbocycles. The first-order chi connectivity index (χ1) is 9.69. The minimum atomic E-state index is 0.637. The second-order valence-corrected chi connectivity index (χ2v) is 4.82. The molecule has 0 amide bonds. The molecule has 0 saturated carbocycles. The zero-order chi connectivity index (χ0) is 14.4. The zero-order valence-electron chi connectivity index (χ0n) is 12.3. The van der Waals surface area contributed by atoms with E-state index in [9.17, 15) is 0 Å². The van der Waals surface area contributed by atoms with Crippen molar-refractivity contribution in [3.05, 3.63) is 59.5 Å². The van der Waals surface area contributed by atoms with Crippen molar-refractivity contribution in [1.82, 2.24) is 10.2 Å². The molecular formula is C16H21N3O. The maximum atomic E-state index is 5.30. The number of hydrogen-bond acceptors (Lipinski definition) is 2. The molecule has 0 saturated heterocycles. The third-order valence-electron chi connectivity index (χ3n) is 3.11. The summed E-state index contributed by atoms with van der Waals surface area (Å²) in [7, 11) is 3.81. The number of guanidine groups is 1. The van der Waals surface area contributed by atoms with Gasteiger partial charge in [-0.1, -0.05) is 29.8 Å². The van der Waals surface area contributed by atoms with Crippen molar-refractivity contribution in [3.8, 4) is 0 Å². The van der Waals surface area contributed by atoms with Crippen LogP contribution in [0, 0.1) is 6.92 Å². The summed E-state index contributed by atoms with van der Waals surface area (Å²) in [6.45, 7) is 3.55. The van der Waals surface area contributed by atoms with Crippen molar-refractivity contribution in [2.24, 2.45) is 4.99 Å². The van der Waals surface area contributed by atoms with Crippen LogP contribution in [0.25, 0.3) is 0 Å². The molecule has 20 heavy (non-hydrogen) atoms. The van der Waals surface area contributed by atoms with Crippen molar-refractivity contribution >= 4 is 5.96 Å². The Balaban J connectivity index is 1.91. The van der Waals surface area contributed by atoms with E-state index in [1.54, 1.807) is 13.3 Å². The van der Waals surface area contributed by atoms with Gasteiger partial charge in [-0.2, -0.15) is 0 Å². The van der Waals surface area contributed by atoms with Crippen LogP contribution in [0.3, 0.4) is 0 Å². The van der Waals surface area contributed by atoms with Crippen LogP contribution in [-0.4, -0.2) is 25.0 Å². The van der Waals surface area contributed by atoms with Crippen LogP contribution in [0.4, 0.5) is 0 Å². The first-order valence-corrected chi connectivity index (χ1v) is 6.69. The van der Waals surface area contributed by atoms with Crippen LogP contribution in [0.15, 0.2) is 52.1 Å². The van der Waals surface area contributed by atoms with Gasteiger partial charge in [0, 0.05) is 20.6 Å². The molecule has 0 unspecified atom stereocenters. The summed E-state index contributed by atoms with van der Waals surface area (Å²) in [6, 6.07) is 12.4. The second-order valence-electron chi connectivity index (χ2n) is 4.82. The average Bonchev–Trinajstić information content (AvgIpc) is 2.95. The van der Waals surface area contributed by atoms with Gasteiger partial charge in [0.2, 0.25) is 0 Å². The maximum Gasteiger partial charge on any atom is 0.194 e. The van der Waals surface area contributed by atoms with E-state index in [1.165, 1.54) is 11.1 Å². The lowest BCUT2D eigenvalue weighted by Crippen LogP contribution is -2.37. The number of aryl methyl sites for hydroxylation is 1. The Bertz CT molecular complexity index is 544. The van der Waals surface area contributed by atoms with Crippen LogP contribution in [0.5, 0.6) is 0 Å². The van der Waals surface area contributed by atoms with Gasteiger partial charge in [0.25, 0.3) is 0 Å².